The molecule has 4 unspecified atom stereocenters. The maximum Gasteiger partial charge on any atom is 0.326 e. The van der Waals surface area contributed by atoms with E-state index in [0.717, 1.165) is 22.0 Å². The minimum atomic E-state index is -1.53. The van der Waals surface area contributed by atoms with Gasteiger partial charge in [0.2, 0.25) is 17.7 Å². The van der Waals surface area contributed by atoms with Gasteiger partial charge in [0.25, 0.3) is 0 Å². The zero-order valence-electron chi connectivity index (χ0n) is 25.4. The Morgan fingerprint density at radius 1 is 0.681 bits per heavy atom. The molecular weight excluding hydrogens is 606 g/mol. The molecular formula is C34H37N5O8. The number of amides is 3. The van der Waals surface area contributed by atoms with Crippen LogP contribution in [0, 0.1) is 0 Å². The van der Waals surface area contributed by atoms with Crippen molar-refractivity contribution in [3.63, 3.8) is 0 Å². The van der Waals surface area contributed by atoms with E-state index in [1.165, 1.54) is 24.3 Å². The lowest BCUT2D eigenvalue weighted by molar-refractivity contribution is -0.143. The number of carboxylic acid groups (broad SMARTS) is 2. The first kappa shape index (κ1) is 34.2. The third-order valence-corrected chi connectivity index (χ3v) is 7.64. The molecule has 3 aromatic carbocycles. The lowest BCUT2D eigenvalue weighted by Crippen LogP contribution is -2.58. The van der Waals surface area contributed by atoms with Crippen LogP contribution in [0.25, 0.3) is 10.9 Å². The van der Waals surface area contributed by atoms with Crippen LogP contribution in [-0.2, 0) is 43.2 Å². The molecule has 0 aliphatic carbocycles. The van der Waals surface area contributed by atoms with Gasteiger partial charge in [0.15, 0.2) is 0 Å². The van der Waals surface area contributed by atoms with Gasteiger partial charge in [0.1, 0.15) is 23.9 Å². The fourth-order valence-electron chi connectivity index (χ4n) is 5.12. The number of aromatic amines is 1. The molecule has 9 N–H and O–H groups in total. The summed E-state index contributed by atoms with van der Waals surface area (Å²) in [5.74, 6) is -4.89. The highest BCUT2D eigenvalue weighted by molar-refractivity contribution is 5.95. The molecule has 0 aliphatic heterocycles. The number of rotatable bonds is 16. The van der Waals surface area contributed by atoms with Gasteiger partial charge in [-0.1, -0.05) is 60.7 Å². The van der Waals surface area contributed by atoms with Crippen LogP contribution in [0.1, 0.15) is 29.5 Å². The van der Waals surface area contributed by atoms with Crippen LogP contribution in [0.3, 0.4) is 0 Å². The zero-order chi connectivity index (χ0) is 33.9. The van der Waals surface area contributed by atoms with Crippen molar-refractivity contribution in [3.8, 4) is 5.75 Å². The molecule has 0 fully saturated rings. The van der Waals surface area contributed by atoms with E-state index in [2.05, 4.69) is 20.9 Å². The summed E-state index contributed by atoms with van der Waals surface area (Å²) in [6, 6.07) is 17.4. The molecule has 47 heavy (non-hydrogen) atoms. The Bertz CT molecular complexity index is 1710. The summed E-state index contributed by atoms with van der Waals surface area (Å²) in [6.07, 6.45) is 0.978. The Morgan fingerprint density at radius 3 is 1.91 bits per heavy atom. The fourth-order valence-corrected chi connectivity index (χ4v) is 5.12. The molecule has 13 heteroatoms. The first-order chi connectivity index (χ1) is 22.5. The van der Waals surface area contributed by atoms with E-state index in [9.17, 15) is 34.2 Å². The average molecular weight is 644 g/mol. The highest BCUT2D eigenvalue weighted by Gasteiger charge is 2.31. The van der Waals surface area contributed by atoms with Crippen LogP contribution in [0.4, 0.5) is 0 Å². The number of phenolic OH excluding ortho intramolecular Hbond substituents is 1. The Hall–Kier alpha value is -5.69. The second-order valence-electron chi connectivity index (χ2n) is 11.2. The van der Waals surface area contributed by atoms with Crippen molar-refractivity contribution in [2.75, 3.05) is 0 Å². The molecule has 3 amide bonds. The van der Waals surface area contributed by atoms with E-state index in [4.69, 9.17) is 10.8 Å². The molecule has 13 nitrogen and oxygen atoms in total. The number of hydrogen-bond donors (Lipinski definition) is 8. The van der Waals surface area contributed by atoms with E-state index in [0.29, 0.717) is 5.56 Å². The Balaban J connectivity index is 1.59. The lowest BCUT2D eigenvalue weighted by atomic mass is 10.0. The molecule has 0 radical (unpaired) electrons. The minimum Gasteiger partial charge on any atom is -0.508 e. The number of aromatic nitrogens is 1. The molecule has 0 aliphatic rings. The topological polar surface area (TPSA) is 224 Å². The van der Waals surface area contributed by atoms with Gasteiger partial charge >= 0.3 is 11.9 Å². The van der Waals surface area contributed by atoms with Crippen molar-refractivity contribution in [1.82, 2.24) is 20.9 Å². The standard InChI is InChI=1S/C34H37N5O8/c35-25(16-20-6-2-1-3-7-20)31(43)38-29(18-22-19-36-26-9-5-4-8-24(22)26)33(45)39-28(17-21-10-12-23(40)13-11-21)32(44)37-27(34(46)47)14-15-30(41)42/h1-13,19,25,27-29,36,40H,14-18,35H2,(H,37,44)(H,38,43)(H,39,45)(H,41,42)(H,46,47). The summed E-state index contributed by atoms with van der Waals surface area (Å²) in [4.78, 5) is 66.7. The van der Waals surface area contributed by atoms with Gasteiger partial charge < -0.3 is 42.0 Å². The predicted octanol–water partition coefficient (Wildman–Crippen LogP) is 1.63. The molecule has 4 rings (SSSR count). The predicted molar refractivity (Wildman–Crippen MR) is 172 cm³/mol. The number of H-pyrrole nitrogens is 1. The number of aliphatic carboxylic acids is 2. The third-order valence-electron chi connectivity index (χ3n) is 7.64. The number of hydrogen-bond acceptors (Lipinski definition) is 7. The number of nitrogens with two attached hydrogens (primary N) is 1. The number of para-hydroxylation sites is 1. The second kappa shape index (κ2) is 16.0. The zero-order valence-corrected chi connectivity index (χ0v) is 25.4. The van der Waals surface area contributed by atoms with E-state index in [-0.39, 0.29) is 31.4 Å². The van der Waals surface area contributed by atoms with E-state index in [1.807, 2.05) is 54.6 Å². The summed E-state index contributed by atoms with van der Waals surface area (Å²) in [7, 11) is 0. The first-order valence-electron chi connectivity index (χ1n) is 15.0. The summed E-state index contributed by atoms with van der Waals surface area (Å²) in [5, 5.41) is 36.9. The quantitative estimate of drug-likeness (QED) is 0.0887. The van der Waals surface area contributed by atoms with Crippen molar-refractivity contribution in [2.24, 2.45) is 5.73 Å². The highest BCUT2D eigenvalue weighted by Crippen LogP contribution is 2.20. The number of carbonyl (C=O) groups excluding carboxylic acids is 3. The number of carbonyl (C=O) groups is 5. The van der Waals surface area contributed by atoms with Crippen molar-refractivity contribution in [1.29, 1.82) is 0 Å². The molecule has 0 saturated heterocycles. The maximum atomic E-state index is 13.9. The lowest BCUT2D eigenvalue weighted by Gasteiger charge is -2.25. The molecule has 1 aromatic heterocycles. The molecule has 0 bridgehead atoms. The van der Waals surface area contributed by atoms with Gasteiger partial charge in [-0.25, -0.2) is 4.79 Å². The normalized spacial score (nSPS) is 13.6. The number of carboxylic acids is 2. The van der Waals surface area contributed by atoms with Crippen molar-refractivity contribution in [2.45, 2.75) is 56.3 Å². The maximum absolute atomic E-state index is 13.9. The fraction of sp³-hybridized carbons (Fsp3) is 0.265. The average Bonchev–Trinajstić information content (AvgIpc) is 3.46. The third kappa shape index (κ3) is 9.90. The van der Waals surface area contributed by atoms with Gasteiger partial charge in [-0.3, -0.25) is 19.2 Å². The van der Waals surface area contributed by atoms with E-state index in [1.54, 1.807) is 6.20 Å². The molecule has 0 saturated carbocycles. The van der Waals surface area contributed by atoms with Crippen LogP contribution in [-0.4, -0.2) is 74.1 Å². The van der Waals surface area contributed by atoms with Crippen LogP contribution < -0.4 is 21.7 Å². The summed E-state index contributed by atoms with van der Waals surface area (Å²) in [6.45, 7) is 0. The second-order valence-corrected chi connectivity index (χ2v) is 11.2. The van der Waals surface area contributed by atoms with Gasteiger partial charge in [-0.15, -0.1) is 0 Å². The summed E-state index contributed by atoms with van der Waals surface area (Å²) >= 11 is 0. The Morgan fingerprint density at radius 2 is 1.26 bits per heavy atom. The van der Waals surface area contributed by atoms with E-state index >= 15 is 0 Å². The number of benzene rings is 3. The van der Waals surface area contributed by atoms with Crippen molar-refractivity contribution in [3.05, 3.63) is 102 Å². The van der Waals surface area contributed by atoms with Crippen LogP contribution in [0.15, 0.2) is 85.1 Å². The molecule has 0 spiro atoms. The summed E-state index contributed by atoms with van der Waals surface area (Å²) < 4.78 is 0. The van der Waals surface area contributed by atoms with Crippen molar-refractivity contribution < 1.29 is 39.3 Å². The number of aromatic hydroxyl groups is 1. The number of nitrogens with one attached hydrogen (secondary N) is 4. The SMILES string of the molecule is NC(Cc1ccccc1)C(=O)NC(Cc1c[nH]c2ccccc12)C(=O)NC(Cc1ccc(O)cc1)C(=O)NC(CCC(=O)O)C(=O)O. The number of phenols is 1. The van der Waals surface area contributed by atoms with E-state index < -0.39 is 60.2 Å². The van der Waals surface area contributed by atoms with Crippen LogP contribution in [0.5, 0.6) is 5.75 Å². The van der Waals surface area contributed by atoms with Gasteiger partial charge in [-0.05, 0) is 47.7 Å². The van der Waals surface area contributed by atoms with Crippen LogP contribution in [0.2, 0.25) is 0 Å². The summed E-state index contributed by atoms with van der Waals surface area (Å²) in [5.41, 5.74) is 9.12. The largest absolute Gasteiger partial charge is 0.508 e. The molecule has 1 heterocycles. The smallest absolute Gasteiger partial charge is 0.326 e. The Labute approximate surface area is 270 Å². The highest BCUT2D eigenvalue weighted by atomic mass is 16.4. The van der Waals surface area contributed by atoms with Crippen LogP contribution >= 0.6 is 0 Å². The first-order valence-corrected chi connectivity index (χ1v) is 15.0. The molecule has 4 atom stereocenters. The molecule has 246 valence electrons. The number of fused-ring (bicyclic) bond motifs is 1. The monoisotopic (exact) mass is 643 g/mol. The van der Waals surface area contributed by atoms with Gasteiger partial charge in [-0.2, -0.15) is 0 Å². The molecule has 4 aromatic rings. The van der Waals surface area contributed by atoms with Gasteiger partial charge in [0.05, 0.1) is 6.04 Å². The van der Waals surface area contributed by atoms with Gasteiger partial charge in [0, 0.05) is 36.4 Å². The van der Waals surface area contributed by atoms with Crippen molar-refractivity contribution >= 4 is 40.6 Å². The Kier molecular flexibility index (Phi) is 11.7. The minimum absolute atomic E-state index is 0.0215.